The topological polar surface area (TPSA) is 54.3 Å². The second kappa shape index (κ2) is 8.36. The van der Waals surface area contributed by atoms with Crippen molar-refractivity contribution in [2.75, 3.05) is 6.54 Å². The minimum atomic E-state index is -0.169. The molecule has 3 aromatic rings. The first-order valence-electron chi connectivity index (χ1n) is 7.99. The molecule has 2 aromatic heterocycles. The molecule has 3 rings (SSSR count). The number of thiophene rings is 1. The largest absolute Gasteiger partial charge is 0.458 e. The van der Waals surface area contributed by atoms with Gasteiger partial charge >= 0.3 is 6.03 Å². The number of carbonyl (C=O) groups is 1. The second-order valence-corrected chi connectivity index (χ2v) is 6.39. The Bertz CT molecular complexity index is 751. The minimum Gasteiger partial charge on any atom is -0.458 e. The van der Waals surface area contributed by atoms with Crippen LogP contribution < -0.4 is 10.6 Å². The van der Waals surface area contributed by atoms with Crippen molar-refractivity contribution < 1.29 is 9.21 Å². The van der Waals surface area contributed by atoms with Gasteiger partial charge in [-0.1, -0.05) is 36.4 Å². The summed E-state index contributed by atoms with van der Waals surface area (Å²) in [6.07, 6.45) is 1.88. The lowest BCUT2D eigenvalue weighted by Crippen LogP contribution is -2.35. The molecule has 0 bridgehead atoms. The van der Waals surface area contributed by atoms with Gasteiger partial charge in [-0.2, -0.15) is 0 Å². The molecule has 24 heavy (non-hydrogen) atoms. The lowest BCUT2D eigenvalue weighted by Gasteiger charge is -2.06. The number of benzene rings is 1. The van der Waals surface area contributed by atoms with E-state index in [1.165, 1.54) is 5.56 Å². The summed E-state index contributed by atoms with van der Waals surface area (Å²) in [6.45, 7) is 1.04. The fourth-order valence-electron chi connectivity index (χ4n) is 2.39. The van der Waals surface area contributed by atoms with Crippen LogP contribution in [-0.4, -0.2) is 12.6 Å². The van der Waals surface area contributed by atoms with Crippen LogP contribution in [0, 0.1) is 0 Å². The van der Waals surface area contributed by atoms with Crippen LogP contribution >= 0.6 is 11.3 Å². The number of amides is 2. The Morgan fingerprint density at radius 3 is 2.67 bits per heavy atom. The predicted molar refractivity (Wildman–Crippen MR) is 97.0 cm³/mol. The summed E-state index contributed by atoms with van der Waals surface area (Å²) in [5, 5.41) is 7.70. The number of urea groups is 1. The fourth-order valence-corrected chi connectivity index (χ4v) is 3.08. The van der Waals surface area contributed by atoms with Crippen LogP contribution in [0.15, 0.2) is 64.4 Å². The summed E-state index contributed by atoms with van der Waals surface area (Å²) in [6, 6.07) is 17.9. The van der Waals surface area contributed by atoms with Crippen LogP contribution in [-0.2, 0) is 13.0 Å². The quantitative estimate of drug-likeness (QED) is 0.625. The Morgan fingerprint density at radius 2 is 1.88 bits per heavy atom. The minimum absolute atomic E-state index is 0.169. The zero-order chi connectivity index (χ0) is 16.6. The third kappa shape index (κ3) is 4.73. The highest BCUT2D eigenvalue weighted by Crippen LogP contribution is 2.26. The molecule has 2 heterocycles. The molecule has 124 valence electrons. The summed E-state index contributed by atoms with van der Waals surface area (Å²) < 4.78 is 5.73. The summed E-state index contributed by atoms with van der Waals surface area (Å²) in [5.74, 6) is 1.59. The standard InChI is InChI=1S/C19H20N2O2S/c22-19(20-12-4-8-15-6-2-1-3-7-15)21-14-16-10-11-17(23-16)18-9-5-13-24-18/h1-3,5-7,9-11,13H,4,8,12,14H2,(H2,20,21,22). The molecule has 0 atom stereocenters. The summed E-state index contributed by atoms with van der Waals surface area (Å²) in [7, 11) is 0. The lowest BCUT2D eigenvalue weighted by atomic mass is 10.1. The van der Waals surface area contributed by atoms with Gasteiger partial charge in [0.15, 0.2) is 0 Å². The number of rotatable bonds is 7. The molecule has 0 fully saturated rings. The Balaban J connectivity index is 1.35. The highest BCUT2D eigenvalue weighted by molar-refractivity contribution is 7.13. The van der Waals surface area contributed by atoms with Crippen molar-refractivity contribution in [3.05, 3.63) is 71.3 Å². The molecule has 4 nitrogen and oxygen atoms in total. The maximum atomic E-state index is 11.8. The van der Waals surface area contributed by atoms with E-state index in [1.54, 1.807) is 11.3 Å². The van der Waals surface area contributed by atoms with Crippen LogP contribution in [0.1, 0.15) is 17.7 Å². The molecular weight excluding hydrogens is 320 g/mol. The van der Waals surface area contributed by atoms with Crippen LogP contribution in [0.5, 0.6) is 0 Å². The molecule has 0 aliphatic carbocycles. The maximum Gasteiger partial charge on any atom is 0.315 e. The van der Waals surface area contributed by atoms with Crippen molar-refractivity contribution in [3.8, 4) is 10.6 Å². The summed E-state index contributed by atoms with van der Waals surface area (Å²) in [4.78, 5) is 12.9. The van der Waals surface area contributed by atoms with Gasteiger partial charge < -0.3 is 15.1 Å². The zero-order valence-electron chi connectivity index (χ0n) is 13.3. The lowest BCUT2D eigenvalue weighted by molar-refractivity contribution is 0.239. The monoisotopic (exact) mass is 340 g/mol. The van der Waals surface area contributed by atoms with E-state index in [0.717, 1.165) is 29.2 Å². The average Bonchev–Trinajstić information content (AvgIpc) is 3.29. The highest BCUT2D eigenvalue weighted by atomic mass is 32.1. The number of aryl methyl sites for hydroxylation is 1. The van der Waals surface area contributed by atoms with E-state index in [2.05, 4.69) is 22.8 Å². The van der Waals surface area contributed by atoms with E-state index in [1.807, 2.05) is 47.8 Å². The summed E-state index contributed by atoms with van der Waals surface area (Å²) >= 11 is 1.63. The normalized spacial score (nSPS) is 10.5. The predicted octanol–water partition coefficient (Wildman–Crippen LogP) is 4.44. The summed E-state index contributed by atoms with van der Waals surface area (Å²) in [5.41, 5.74) is 1.29. The molecule has 0 saturated heterocycles. The SMILES string of the molecule is O=C(NCCCc1ccccc1)NCc1ccc(-c2cccs2)o1. The van der Waals surface area contributed by atoms with Crippen molar-refractivity contribution in [2.45, 2.75) is 19.4 Å². The molecule has 0 spiro atoms. The van der Waals surface area contributed by atoms with Gasteiger partial charge in [-0.25, -0.2) is 4.79 Å². The van der Waals surface area contributed by atoms with Crippen LogP contribution in [0.2, 0.25) is 0 Å². The maximum absolute atomic E-state index is 11.8. The van der Waals surface area contributed by atoms with E-state index in [-0.39, 0.29) is 6.03 Å². The fraction of sp³-hybridized carbons (Fsp3) is 0.211. The smallest absolute Gasteiger partial charge is 0.315 e. The van der Waals surface area contributed by atoms with E-state index in [9.17, 15) is 4.79 Å². The third-order valence-electron chi connectivity index (χ3n) is 3.62. The van der Waals surface area contributed by atoms with Gasteiger partial charge in [0.05, 0.1) is 11.4 Å². The van der Waals surface area contributed by atoms with E-state index in [4.69, 9.17) is 4.42 Å². The molecule has 0 unspecified atom stereocenters. The van der Waals surface area contributed by atoms with Gasteiger partial charge in [0, 0.05) is 6.54 Å². The highest BCUT2D eigenvalue weighted by Gasteiger charge is 2.07. The first-order chi connectivity index (χ1) is 11.8. The molecule has 2 amide bonds. The first kappa shape index (κ1) is 16.3. The molecule has 5 heteroatoms. The van der Waals surface area contributed by atoms with Gasteiger partial charge in [0.1, 0.15) is 11.5 Å². The molecule has 0 aliphatic heterocycles. The number of hydrogen-bond acceptors (Lipinski definition) is 3. The van der Waals surface area contributed by atoms with Gasteiger partial charge in [-0.15, -0.1) is 11.3 Å². The van der Waals surface area contributed by atoms with Crippen molar-refractivity contribution in [1.29, 1.82) is 0 Å². The molecule has 2 N–H and O–H groups in total. The van der Waals surface area contributed by atoms with Gasteiger partial charge in [0.25, 0.3) is 0 Å². The first-order valence-corrected chi connectivity index (χ1v) is 8.87. The second-order valence-electron chi connectivity index (χ2n) is 5.44. The van der Waals surface area contributed by atoms with E-state index in [0.29, 0.717) is 13.1 Å². The van der Waals surface area contributed by atoms with Crippen molar-refractivity contribution in [3.63, 3.8) is 0 Å². The van der Waals surface area contributed by atoms with E-state index >= 15 is 0 Å². The zero-order valence-corrected chi connectivity index (χ0v) is 14.1. The molecule has 0 saturated carbocycles. The van der Waals surface area contributed by atoms with Crippen molar-refractivity contribution in [2.24, 2.45) is 0 Å². The number of hydrogen-bond donors (Lipinski definition) is 2. The van der Waals surface area contributed by atoms with E-state index < -0.39 is 0 Å². The Morgan fingerprint density at radius 1 is 1.00 bits per heavy atom. The van der Waals surface area contributed by atoms with Gasteiger partial charge in [-0.3, -0.25) is 0 Å². The number of carbonyl (C=O) groups excluding carboxylic acids is 1. The average molecular weight is 340 g/mol. The number of nitrogens with one attached hydrogen (secondary N) is 2. The Hall–Kier alpha value is -2.53. The van der Waals surface area contributed by atoms with Crippen LogP contribution in [0.4, 0.5) is 4.79 Å². The van der Waals surface area contributed by atoms with Crippen LogP contribution in [0.3, 0.4) is 0 Å². The third-order valence-corrected chi connectivity index (χ3v) is 4.50. The molecule has 1 aromatic carbocycles. The van der Waals surface area contributed by atoms with Crippen LogP contribution in [0.25, 0.3) is 10.6 Å². The Labute approximate surface area is 145 Å². The Kier molecular flexibility index (Phi) is 5.69. The number of furan rings is 1. The van der Waals surface area contributed by atoms with Gasteiger partial charge in [0.2, 0.25) is 0 Å². The van der Waals surface area contributed by atoms with Crippen molar-refractivity contribution in [1.82, 2.24) is 10.6 Å². The molecule has 0 aliphatic rings. The molecular formula is C19H20N2O2S. The van der Waals surface area contributed by atoms with Crippen molar-refractivity contribution >= 4 is 17.4 Å². The molecule has 0 radical (unpaired) electrons. The van der Waals surface area contributed by atoms with Gasteiger partial charge in [-0.05, 0) is 42.0 Å².